The summed E-state index contributed by atoms with van der Waals surface area (Å²) in [5, 5.41) is 1.86. The summed E-state index contributed by atoms with van der Waals surface area (Å²) in [7, 11) is 0. The lowest BCUT2D eigenvalue weighted by Gasteiger charge is -2.26. The standard InChI is InChI=1S/C22H23N3OS2/c1-14(2)16-17-20(27-3)23-19(15-10-6-4-7-11-15)24-21(17)28-18(16)22(26)25-12-8-5-9-13-25/h4,6-7,10-11H,1,5,8-9,12-13H2,2-3H3. The van der Waals surface area contributed by atoms with Crippen molar-refractivity contribution in [3.05, 3.63) is 47.4 Å². The number of carbonyl (C=O) groups is 1. The molecular weight excluding hydrogens is 386 g/mol. The molecule has 0 bridgehead atoms. The highest BCUT2D eigenvalue weighted by molar-refractivity contribution is 7.98. The summed E-state index contributed by atoms with van der Waals surface area (Å²) in [4.78, 5) is 26.5. The third-order valence-corrected chi connectivity index (χ3v) is 6.76. The third kappa shape index (κ3) is 3.47. The smallest absolute Gasteiger partial charge is 0.264 e. The fraction of sp³-hybridized carbons (Fsp3) is 0.318. The number of thioether (sulfide) groups is 1. The molecular formula is C22H23N3OS2. The Hall–Kier alpha value is -2.18. The molecule has 0 saturated carbocycles. The number of aromatic nitrogens is 2. The van der Waals surface area contributed by atoms with Gasteiger partial charge in [-0.1, -0.05) is 36.9 Å². The van der Waals surface area contributed by atoms with Gasteiger partial charge in [-0.15, -0.1) is 23.1 Å². The Bertz CT molecular complexity index is 1040. The molecule has 0 unspecified atom stereocenters. The Morgan fingerprint density at radius 1 is 1.14 bits per heavy atom. The van der Waals surface area contributed by atoms with Crippen LogP contribution in [-0.4, -0.2) is 40.1 Å². The molecule has 1 aliphatic heterocycles. The fourth-order valence-corrected chi connectivity index (χ4v) is 5.50. The summed E-state index contributed by atoms with van der Waals surface area (Å²) >= 11 is 3.06. The van der Waals surface area contributed by atoms with E-state index >= 15 is 0 Å². The second-order valence-corrected chi connectivity index (χ2v) is 8.84. The molecule has 2 aromatic heterocycles. The number of amides is 1. The number of piperidine rings is 1. The second-order valence-electron chi connectivity index (χ2n) is 7.04. The first kappa shape index (κ1) is 19.2. The third-order valence-electron chi connectivity index (χ3n) is 5.01. The number of nitrogens with zero attached hydrogens (tertiary/aromatic N) is 3. The van der Waals surface area contributed by atoms with E-state index in [2.05, 4.69) is 6.58 Å². The number of benzene rings is 1. The molecule has 0 radical (unpaired) electrons. The topological polar surface area (TPSA) is 46.1 Å². The van der Waals surface area contributed by atoms with Gasteiger partial charge in [-0.2, -0.15) is 0 Å². The molecule has 144 valence electrons. The lowest BCUT2D eigenvalue weighted by atomic mass is 10.0. The first-order chi connectivity index (χ1) is 13.6. The van der Waals surface area contributed by atoms with E-state index < -0.39 is 0 Å². The van der Waals surface area contributed by atoms with Crippen molar-refractivity contribution in [1.82, 2.24) is 14.9 Å². The average molecular weight is 410 g/mol. The SMILES string of the molecule is C=C(C)c1c(C(=O)N2CCCCC2)sc2nc(-c3ccccc3)nc(SC)c12. The zero-order valence-corrected chi connectivity index (χ0v) is 17.8. The van der Waals surface area contributed by atoms with Crippen LogP contribution in [-0.2, 0) is 0 Å². The Labute approximate surface area is 173 Å². The van der Waals surface area contributed by atoms with E-state index in [-0.39, 0.29) is 5.91 Å². The van der Waals surface area contributed by atoms with Crippen molar-refractivity contribution in [2.24, 2.45) is 0 Å². The van der Waals surface area contributed by atoms with Crippen LogP contribution >= 0.6 is 23.1 Å². The van der Waals surface area contributed by atoms with Gasteiger partial charge in [0.2, 0.25) is 0 Å². The summed E-state index contributed by atoms with van der Waals surface area (Å²) in [6.07, 6.45) is 5.37. The highest BCUT2D eigenvalue weighted by Gasteiger charge is 2.27. The molecule has 1 aliphatic rings. The quantitative estimate of drug-likeness (QED) is 0.407. The molecule has 4 nitrogen and oxygen atoms in total. The van der Waals surface area contributed by atoms with E-state index in [1.54, 1.807) is 11.8 Å². The predicted octanol–water partition coefficient (Wildman–Crippen LogP) is 5.74. The Balaban J connectivity index is 1.90. The molecule has 0 N–H and O–H groups in total. The summed E-state index contributed by atoms with van der Waals surface area (Å²) in [5.74, 6) is 0.804. The molecule has 0 atom stereocenters. The molecule has 1 aromatic carbocycles. The van der Waals surface area contributed by atoms with Crippen LogP contribution in [0.4, 0.5) is 0 Å². The summed E-state index contributed by atoms with van der Waals surface area (Å²) < 4.78 is 0. The maximum absolute atomic E-state index is 13.3. The number of thiophene rings is 1. The lowest BCUT2D eigenvalue weighted by molar-refractivity contribution is 0.0729. The molecule has 28 heavy (non-hydrogen) atoms. The molecule has 1 fully saturated rings. The van der Waals surface area contributed by atoms with Crippen LogP contribution < -0.4 is 0 Å². The maximum Gasteiger partial charge on any atom is 0.264 e. The van der Waals surface area contributed by atoms with Crippen molar-refractivity contribution in [2.75, 3.05) is 19.3 Å². The van der Waals surface area contributed by atoms with Crippen molar-refractivity contribution < 1.29 is 4.79 Å². The minimum Gasteiger partial charge on any atom is -0.338 e. The molecule has 3 aromatic rings. The van der Waals surface area contributed by atoms with Gasteiger partial charge >= 0.3 is 0 Å². The Kier molecular flexibility index (Phi) is 5.51. The van der Waals surface area contributed by atoms with Crippen LogP contribution in [0.1, 0.15) is 41.4 Å². The molecule has 1 amide bonds. The number of fused-ring (bicyclic) bond motifs is 1. The van der Waals surface area contributed by atoms with Crippen molar-refractivity contribution in [3.8, 4) is 11.4 Å². The van der Waals surface area contributed by atoms with Crippen LogP contribution in [0.5, 0.6) is 0 Å². The molecule has 0 aliphatic carbocycles. The van der Waals surface area contributed by atoms with Gasteiger partial charge in [-0.3, -0.25) is 4.79 Å². The summed E-state index contributed by atoms with van der Waals surface area (Å²) in [5.41, 5.74) is 2.78. The fourth-order valence-electron chi connectivity index (χ4n) is 3.63. The second kappa shape index (κ2) is 8.05. The van der Waals surface area contributed by atoms with Gasteiger partial charge in [0.1, 0.15) is 14.7 Å². The number of rotatable bonds is 4. The summed E-state index contributed by atoms with van der Waals surface area (Å²) in [6, 6.07) is 9.98. The highest BCUT2D eigenvalue weighted by Crippen LogP contribution is 2.40. The monoisotopic (exact) mass is 409 g/mol. The Morgan fingerprint density at radius 2 is 1.86 bits per heavy atom. The van der Waals surface area contributed by atoms with Gasteiger partial charge in [-0.05, 0) is 38.0 Å². The molecule has 4 rings (SSSR count). The van der Waals surface area contributed by atoms with E-state index in [0.717, 1.165) is 62.8 Å². The minimum atomic E-state index is 0.106. The van der Waals surface area contributed by atoms with Crippen LogP contribution in [0.2, 0.25) is 0 Å². The van der Waals surface area contributed by atoms with Gasteiger partial charge in [0.15, 0.2) is 5.82 Å². The van der Waals surface area contributed by atoms with Crippen LogP contribution in [0.3, 0.4) is 0 Å². The van der Waals surface area contributed by atoms with Crippen LogP contribution in [0.25, 0.3) is 27.2 Å². The zero-order chi connectivity index (χ0) is 19.7. The van der Waals surface area contributed by atoms with E-state index in [0.29, 0.717) is 5.82 Å². The number of allylic oxidation sites excluding steroid dienone is 1. The highest BCUT2D eigenvalue weighted by atomic mass is 32.2. The first-order valence-electron chi connectivity index (χ1n) is 9.49. The van der Waals surface area contributed by atoms with Crippen LogP contribution in [0, 0.1) is 0 Å². The van der Waals surface area contributed by atoms with Crippen molar-refractivity contribution in [3.63, 3.8) is 0 Å². The normalized spacial score (nSPS) is 14.4. The van der Waals surface area contributed by atoms with Gasteiger partial charge in [0, 0.05) is 24.2 Å². The summed E-state index contributed by atoms with van der Waals surface area (Å²) in [6.45, 7) is 7.79. The number of carbonyl (C=O) groups excluding carboxylic acids is 1. The lowest BCUT2D eigenvalue weighted by Crippen LogP contribution is -2.35. The minimum absolute atomic E-state index is 0.106. The van der Waals surface area contributed by atoms with Gasteiger partial charge in [-0.25, -0.2) is 9.97 Å². The number of hydrogen-bond acceptors (Lipinski definition) is 5. The average Bonchev–Trinajstić information content (AvgIpc) is 3.13. The van der Waals surface area contributed by atoms with Gasteiger partial charge in [0.25, 0.3) is 5.91 Å². The Morgan fingerprint density at radius 3 is 2.50 bits per heavy atom. The van der Waals surface area contributed by atoms with E-state index in [1.807, 2.05) is 48.4 Å². The number of likely N-dealkylation sites (tertiary alicyclic amines) is 1. The van der Waals surface area contributed by atoms with Gasteiger partial charge < -0.3 is 4.90 Å². The largest absolute Gasteiger partial charge is 0.338 e. The van der Waals surface area contributed by atoms with Crippen molar-refractivity contribution in [2.45, 2.75) is 31.2 Å². The molecule has 3 heterocycles. The van der Waals surface area contributed by atoms with E-state index in [4.69, 9.17) is 9.97 Å². The maximum atomic E-state index is 13.3. The van der Waals surface area contributed by atoms with Gasteiger partial charge in [0.05, 0.1) is 5.39 Å². The van der Waals surface area contributed by atoms with Crippen molar-refractivity contribution >= 4 is 44.8 Å². The molecule has 1 saturated heterocycles. The number of hydrogen-bond donors (Lipinski definition) is 0. The predicted molar refractivity (Wildman–Crippen MR) is 119 cm³/mol. The van der Waals surface area contributed by atoms with E-state index in [9.17, 15) is 4.79 Å². The van der Waals surface area contributed by atoms with Crippen molar-refractivity contribution in [1.29, 1.82) is 0 Å². The first-order valence-corrected chi connectivity index (χ1v) is 11.5. The van der Waals surface area contributed by atoms with E-state index in [1.165, 1.54) is 17.8 Å². The van der Waals surface area contributed by atoms with Crippen LogP contribution in [0.15, 0.2) is 41.9 Å². The molecule has 6 heteroatoms. The molecule has 0 spiro atoms. The zero-order valence-electron chi connectivity index (χ0n) is 16.2.